The lowest BCUT2D eigenvalue weighted by molar-refractivity contribution is -0.142. The molecule has 0 aliphatic carbocycles. The van der Waals surface area contributed by atoms with Crippen molar-refractivity contribution in [3.8, 4) is 0 Å². The van der Waals surface area contributed by atoms with Crippen molar-refractivity contribution in [2.75, 3.05) is 19.6 Å². The second-order valence-electron chi connectivity index (χ2n) is 14.1. The Labute approximate surface area is 293 Å². The number of carbonyl (C=O) groups is 6. The van der Waals surface area contributed by atoms with E-state index in [1.807, 2.05) is 41.5 Å². The van der Waals surface area contributed by atoms with Gasteiger partial charge in [0, 0.05) is 49.4 Å². The summed E-state index contributed by atoms with van der Waals surface area (Å²) in [4.78, 5) is 74.5. The smallest absolute Gasteiger partial charge is 0.326 e. The summed E-state index contributed by atoms with van der Waals surface area (Å²) >= 11 is 0. The van der Waals surface area contributed by atoms with Crippen LogP contribution in [0.1, 0.15) is 103 Å². The number of rotatable bonds is 21. The van der Waals surface area contributed by atoms with E-state index in [1.54, 1.807) is 12.1 Å². The van der Waals surface area contributed by atoms with Crippen molar-refractivity contribution in [3.05, 3.63) is 40.3 Å². The molecule has 17 heteroatoms. The van der Waals surface area contributed by atoms with Crippen LogP contribution >= 0.6 is 0 Å². The van der Waals surface area contributed by atoms with Crippen molar-refractivity contribution < 1.29 is 43.1 Å². The van der Waals surface area contributed by atoms with Crippen LogP contribution in [0.4, 0.5) is 4.11 Å². The molecule has 0 saturated carbocycles. The Morgan fingerprint density at radius 3 is 1.80 bits per heavy atom. The summed E-state index contributed by atoms with van der Waals surface area (Å²) in [6.07, 6.45) is 1.58. The number of benzene rings is 1. The molecular weight excluding hydrogens is 669 g/mol. The predicted molar refractivity (Wildman–Crippen MR) is 188 cm³/mol. The molecule has 0 aromatic heterocycles. The average Bonchev–Trinajstić information content (AvgIpc) is 3.02. The zero-order valence-electron chi connectivity index (χ0n) is 29.8. The van der Waals surface area contributed by atoms with Gasteiger partial charge < -0.3 is 35.6 Å². The first kappa shape index (κ1) is 43.5. The minimum Gasteiger partial charge on any atom is -0.481 e. The van der Waals surface area contributed by atoms with Gasteiger partial charge in [-0.3, -0.25) is 24.0 Å². The van der Waals surface area contributed by atoms with Gasteiger partial charge >= 0.3 is 11.9 Å². The van der Waals surface area contributed by atoms with Gasteiger partial charge in [-0.15, -0.1) is 0 Å². The maximum Gasteiger partial charge on any atom is 0.326 e. The summed E-state index contributed by atoms with van der Waals surface area (Å²) in [7, 11) is -3.54. The van der Waals surface area contributed by atoms with Crippen LogP contribution < -0.4 is 26.5 Å². The maximum absolute atomic E-state index is 16.6. The molecule has 0 spiro atoms. The molecule has 15 nitrogen and oxygen atoms in total. The van der Waals surface area contributed by atoms with E-state index in [2.05, 4.69) is 31.3 Å². The Bertz CT molecular complexity index is 1380. The minimum absolute atomic E-state index is 0.00539. The van der Waals surface area contributed by atoms with E-state index < -0.39 is 60.9 Å². The van der Waals surface area contributed by atoms with E-state index >= 15 is 4.11 Å². The van der Waals surface area contributed by atoms with Crippen molar-refractivity contribution in [3.63, 3.8) is 0 Å². The Morgan fingerprint density at radius 2 is 1.34 bits per heavy atom. The highest BCUT2D eigenvalue weighted by Gasteiger charge is 2.56. The Kier molecular flexibility index (Phi) is 17.6. The van der Waals surface area contributed by atoms with Crippen molar-refractivity contribution >= 4 is 49.2 Å². The van der Waals surface area contributed by atoms with E-state index in [0.717, 1.165) is 0 Å². The number of azide groups is 1. The molecule has 0 saturated heterocycles. The van der Waals surface area contributed by atoms with Gasteiger partial charge in [0.25, 0.3) is 14.3 Å². The van der Waals surface area contributed by atoms with Crippen LogP contribution in [0.25, 0.3) is 10.4 Å². The number of nitrogens with one attached hydrogen (secondary N) is 4. The molecule has 0 heterocycles. The van der Waals surface area contributed by atoms with Crippen molar-refractivity contribution in [2.24, 2.45) is 5.11 Å². The van der Waals surface area contributed by atoms with Gasteiger partial charge in [-0.2, -0.15) is 0 Å². The number of carboxylic acids is 2. The lowest BCUT2D eigenvalue weighted by atomic mass is 10.1. The highest BCUT2D eigenvalue weighted by molar-refractivity contribution is 6.90. The van der Waals surface area contributed by atoms with Gasteiger partial charge in [0.05, 0.1) is 0 Å². The highest BCUT2D eigenvalue weighted by Crippen LogP contribution is 2.51. The molecule has 50 heavy (non-hydrogen) atoms. The molecule has 2 atom stereocenters. The van der Waals surface area contributed by atoms with Gasteiger partial charge in [0.1, 0.15) is 12.1 Å². The molecule has 0 aliphatic rings. The fourth-order valence-corrected chi connectivity index (χ4v) is 10.2. The number of hydrogen-bond donors (Lipinski definition) is 6. The number of amides is 4. The van der Waals surface area contributed by atoms with Gasteiger partial charge in [-0.1, -0.05) is 58.8 Å². The molecule has 0 fully saturated rings. The third-order valence-corrected chi connectivity index (χ3v) is 13.4. The third kappa shape index (κ3) is 14.2. The predicted octanol–water partition coefficient (Wildman–Crippen LogP) is 3.82. The minimum atomic E-state index is -3.54. The van der Waals surface area contributed by atoms with Gasteiger partial charge in [0.2, 0.25) is 17.7 Å². The van der Waals surface area contributed by atoms with Gasteiger partial charge in [-0.05, 0) is 65.0 Å². The molecule has 0 unspecified atom stereocenters. The number of hydrogen-bond acceptors (Lipinski definition) is 7. The Morgan fingerprint density at radius 1 is 0.820 bits per heavy atom. The monoisotopic (exact) mass is 721 g/mol. The number of halogens is 1. The lowest BCUT2D eigenvalue weighted by Gasteiger charge is -2.44. The third-order valence-electron chi connectivity index (χ3n) is 8.14. The summed E-state index contributed by atoms with van der Waals surface area (Å²) in [5, 5.41) is 31.1. The Hall–Kier alpha value is -4.50. The summed E-state index contributed by atoms with van der Waals surface area (Å²) in [6, 6.07) is 3.44. The van der Waals surface area contributed by atoms with Gasteiger partial charge in [-0.25, -0.2) is 4.79 Å². The average molecular weight is 722 g/mol. The lowest BCUT2D eigenvalue weighted by Crippen LogP contribution is -2.57. The number of carboxylic acid groups (broad SMARTS) is 2. The summed E-state index contributed by atoms with van der Waals surface area (Å²) in [5.74, 6) is -4.41. The van der Waals surface area contributed by atoms with Crippen LogP contribution in [-0.4, -0.2) is 85.9 Å². The second-order valence-corrected chi connectivity index (χ2v) is 19.0. The van der Waals surface area contributed by atoms with Crippen molar-refractivity contribution in [1.82, 2.24) is 21.3 Å². The molecule has 0 aliphatic heterocycles. The number of nitrogens with zero attached hydrogens (tertiary/aromatic N) is 3. The van der Waals surface area contributed by atoms with E-state index in [9.17, 15) is 33.9 Å². The van der Waals surface area contributed by atoms with Crippen LogP contribution in [0.15, 0.2) is 29.4 Å². The fourth-order valence-electron chi connectivity index (χ4n) is 5.64. The zero-order valence-corrected chi connectivity index (χ0v) is 30.8. The molecule has 1 aromatic rings. The largest absolute Gasteiger partial charge is 0.481 e. The molecule has 0 bridgehead atoms. The summed E-state index contributed by atoms with van der Waals surface area (Å²) in [5.41, 5.74) is 9.19. The van der Waals surface area contributed by atoms with Gasteiger partial charge in [0.15, 0.2) is 0 Å². The zero-order chi connectivity index (χ0) is 38.1. The first-order valence-corrected chi connectivity index (χ1v) is 18.5. The Balaban J connectivity index is 2.60. The molecule has 1 aromatic carbocycles. The molecule has 4 amide bonds. The van der Waals surface area contributed by atoms with Crippen molar-refractivity contribution in [1.29, 1.82) is 0 Å². The van der Waals surface area contributed by atoms with Crippen LogP contribution in [0.2, 0.25) is 10.1 Å². The molecule has 278 valence electrons. The van der Waals surface area contributed by atoms with E-state index in [4.69, 9.17) is 10.6 Å². The highest BCUT2D eigenvalue weighted by atomic mass is 28.4. The maximum atomic E-state index is 16.6. The van der Waals surface area contributed by atoms with Crippen LogP contribution in [0.3, 0.4) is 0 Å². The fraction of sp³-hybridized carbons (Fsp3) is 0.636. The normalized spacial score (nSPS) is 12.9. The van der Waals surface area contributed by atoms with Crippen molar-refractivity contribution in [2.45, 2.75) is 115 Å². The quantitative estimate of drug-likeness (QED) is 0.0272. The van der Waals surface area contributed by atoms with E-state index in [1.165, 1.54) is 12.1 Å². The van der Waals surface area contributed by atoms with E-state index in [-0.39, 0.29) is 49.6 Å². The standard InChI is InChI=1S/C33H52FN7O8Si/c1-32(2,3)50(34,33(4,5)6)23-15-13-22(14-16-23)29(46)38-21-25(40-41-35)30(47)39-24(31(48)49)11-7-9-19-36-26(42)17-18-27(43)37-20-10-8-12-28(44)45/h13-16,24-25H,7-12,17-21H2,1-6H3,(H,36,42)(H,37,43)(H,38,46)(H,39,47)(H,44,45)(H,48,49)/t24-,25+/m1/s1. The molecular formula is C33H52FN7O8Si. The van der Waals surface area contributed by atoms with E-state index in [0.29, 0.717) is 37.4 Å². The topological polar surface area (TPSA) is 240 Å². The second kappa shape index (κ2) is 20.2. The molecule has 6 N–H and O–H groups in total. The first-order chi connectivity index (χ1) is 23.2. The molecule has 0 radical (unpaired) electrons. The number of aliphatic carboxylic acids is 2. The van der Waals surface area contributed by atoms with Crippen LogP contribution in [0.5, 0.6) is 0 Å². The molecule has 1 rings (SSSR count). The number of unbranched alkanes of at least 4 members (excludes halogenated alkanes) is 2. The van der Waals surface area contributed by atoms with Crippen LogP contribution in [0, 0.1) is 0 Å². The number of carbonyl (C=O) groups excluding carboxylic acids is 4. The summed E-state index contributed by atoms with van der Waals surface area (Å²) < 4.78 is 16.6. The summed E-state index contributed by atoms with van der Waals surface area (Å²) in [6.45, 7) is 11.3. The van der Waals surface area contributed by atoms with Crippen LogP contribution in [-0.2, 0) is 24.0 Å². The SMILES string of the molecule is CC(C)(C)[Si](F)(c1ccc(C(=O)NC[C@H](N=[N+]=[N-])C(=O)N[C@H](CCCCNC(=O)CCC(=O)NCCCCC(=O)O)C(=O)O)cc1)C(C)(C)C. The first-order valence-electron chi connectivity index (χ1n) is 16.6.